The third-order valence-corrected chi connectivity index (χ3v) is 2.97. The molecule has 1 aromatic carbocycles. The summed E-state index contributed by atoms with van der Waals surface area (Å²) in [6.45, 7) is 0. The summed E-state index contributed by atoms with van der Waals surface area (Å²) in [4.78, 5) is 24.7. The van der Waals surface area contributed by atoms with Crippen molar-refractivity contribution in [1.82, 2.24) is 4.98 Å². The van der Waals surface area contributed by atoms with Gasteiger partial charge in [0.25, 0.3) is 0 Å². The van der Waals surface area contributed by atoms with E-state index in [0.717, 1.165) is 18.2 Å². The second kappa shape index (κ2) is 5.83. The molecule has 0 saturated heterocycles. The van der Waals surface area contributed by atoms with Gasteiger partial charge in [-0.1, -0.05) is 15.9 Å². The number of anilines is 2. The van der Waals surface area contributed by atoms with Gasteiger partial charge in [0.15, 0.2) is 5.69 Å². The van der Waals surface area contributed by atoms with Gasteiger partial charge in [0.2, 0.25) is 5.82 Å². The van der Waals surface area contributed by atoms with Crippen LogP contribution in [0.2, 0.25) is 0 Å². The highest BCUT2D eigenvalue weighted by molar-refractivity contribution is 9.10. The van der Waals surface area contributed by atoms with Gasteiger partial charge in [0, 0.05) is 10.5 Å². The molecule has 7 nitrogen and oxygen atoms in total. The zero-order chi connectivity index (χ0) is 15.6. The smallest absolute Gasteiger partial charge is 0.354 e. The first kappa shape index (κ1) is 14.9. The Kier molecular flexibility index (Phi) is 4.13. The summed E-state index contributed by atoms with van der Waals surface area (Å²) in [5, 5.41) is 22.2. The number of carbonyl (C=O) groups is 1. The molecule has 0 atom stereocenters. The Morgan fingerprint density at radius 3 is 2.67 bits per heavy atom. The minimum Gasteiger partial charge on any atom is -0.477 e. The predicted octanol–water partition coefficient (Wildman–Crippen LogP) is 3.33. The molecular formula is C12H7BrFN3O4. The Bertz CT molecular complexity index is 738. The number of hydrogen-bond donors (Lipinski definition) is 2. The monoisotopic (exact) mass is 355 g/mol. The van der Waals surface area contributed by atoms with Crippen molar-refractivity contribution in [3.63, 3.8) is 0 Å². The molecule has 0 spiro atoms. The van der Waals surface area contributed by atoms with Crippen molar-refractivity contribution in [2.24, 2.45) is 0 Å². The molecular weight excluding hydrogens is 349 g/mol. The Morgan fingerprint density at radius 2 is 2.10 bits per heavy atom. The van der Waals surface area contributed by atoms with Gasteiger partial charge in [-0.2, -0.15) is 0 Å². The third-order valence-electron chi connectivity index (χ3n) is 2.47. The molecule has 0 unspecified atom stereocenters. The first-order chi connectivity index (χ1) is 9.88. The lowest BCUT2D eigenvalue weighted by Gasteiger charge is -2.08. The Labute approximate surface area is 125 Å². The largest absolute Gasteiger partial charge is 0.477 e. The lowest BCUT2D eigenvalue weighted by molar-refractivity contribution is -0.384. The molecule has 1 aromatic heterocycles. The number of halogens is 2. The number of nitrogens with one attached hydrogen (secondary N) is 1. The molecule has 108 valence electrons. The molecule has 2 aromatic rings. The fraction of sp³-hybridized carbons (Fsp3) is 0. The molecule has 9 heteroatoms. The van der Waals surface area contributed by atoms with Crippen LogP contribution in [0.5, 0.6) is 0 Å². The number of rotatable bonds is 4. The zero-order valence-electron chi connectivity index (χ0n) is 10.2. The first-order valence-corrected chi connectivity index (χ1v) is 6.28. The van der Waals surface area contributed by atoms with Crippen LogP contribution in [0.1, 0.15) is 10.5 Å². The Hall–Kier alpha value is -2.55. The molecule has 2 N–H and O–H groups in total. The van der Waals surface area contributed by atoms with Gasteiger partial charge in [-0.25, -0.2) is 14.2 Å². The number of pyridine rings is 1. The first-order valence-electron chi connectivity index (χ1n) is 5.49. The summed E-state index contributed by atoms with van der Waals surface area (Å²) in [7, 11) is 0. The van der Waals surface area contributed by atoms with Gasteiger partial charge in [-0.3, -0.25) is 10.1 Å². The normalized spacial score (nSPS) is 10.2. The predicted molar refractivity (Wildman–Crippen MR) is 75.2 cm³/mol. The van der Waals surface area contributed by atoms with Gasteiger partial charge >= 0.3 is 11.7 Å². The van der Waals surface area contributed by atoms with E-state index in [9.17, 15) is 19.3 Å². The summed E-state index contributed by atoms with van der Waals surface area (Å²) in [5.41, 5.74) is -0.903. The molecule has 0 fully saturated rings. The summed E-state index contributed by atoms with van der Waals surface area (Å²) >= 11 is 3.08. The van der Waals surface area contributed by atoms with Crippen molar-refractivity contribution in [2.75, 3.05) is 5.32 Å². The number of nitrogens with zero attached hydrogens (tertiary/aromatic N) is 2. The second-order valence-electron chi connectivity index (χ2n) is 3.88. The number of benzene rings is 1. The van der Waals surface area contributed by atoms with E-state index >= 15 is 0 Å². The molecule has 0 radical (unpaired) electrons. The maximum atomic E-state index is 13.7. The highest BCUT2D eigenvalue weighted by Gasteiger charge is 2.19. The average molecular weight is 356 g/mol. The van der Waals surface area contributed by atoms with Crippen LogP contribution in [0.15, 0.2) is 34.8 Å². The molecule has 0 aliphatic carbocycles. The maximum Gasteiger partial charge on any atom is 0.354 e. The summed E-state index contributed by atoms with van der Waals surface area (Å²) < 4.78 is 14.2. The molecule has 0 aliphatic rings. The van der Waals surface area contributed by atoms with E-state index in [1.54, 1.807) is 0 Å². The summed E-state index contributed by atoms with van der Waals surface area (Å²) in [5.74, 6) is -2.36. The zero-order valence-corrected chi connectivity index (χ0v) is 11.8. The van der Waals surface area contributed by atoms with Gasteiger partial charge in [0.05, 0.1) is 10.6 Å². The molecule has 1 heterocycles. The van der Waals surface area contributed by atoms with E-state index in [-0.39, 0.29) is 17.2 Å². The van der Waals surface area contributed by atoms with E-state index in [0.29, 0.717) is 4.47 Å². The molecule has 2 rings (SSSR count). The van der Waals surface area contributed by atoms with Crippen molar-refractivity contribution < 1.29 is 19.2 Å². The van der Waals surface area contributed by atoms with E-state index in [1.165, 1.54) is 12.1 Å². The van der Waals surface area contributed by atoms with Gasteiger partial charge in [0.1, 0.15) is 5.82 Å². The second-order valence-corrected chi connectivity index (χ2v) is 4.79. The SMILES string of the molecule is O=C(O)c1ccc([N+](=O)[O-])c(Nc2ccc(Br)cc2F)n1. The van der Waals surface area contributed by atoms with Gasteiger partial charge in [-0.05, 0) is 24.3 Å². The van der Waals surface area contributed by atoms with Crippen LogP contribution in [-0.4, -0.2) is 21.0 Å². The van der Waals surface area contributed by atoms with Crippen LogP contribution in [0.25, 0.3) is 0 Å². The standard InChI is InChI=1S/C12H7BrFN3O4/c13-6-1-2-8(7(14)5-6)15-11-10(17(20)21)4-3-9(16-11)12(18)19/h1-5H,(H,15,16)(H,18,19). The Balaban J connectivity index is 2.48. The lowest BCUT2D eigenvalue weighted by Crippen LogP contribution is -2.06. The fourth-order valence-electron chi connectivity index (χ4n) is 1.53. The van der Waals surface area contributed by atoms with Crippen LogP contribution in [0, 0.1) is 15.9 Å². The number of hydrogen-bond acceptors (Lipinski definition) is 5. The van der Waals surface area contributed by atoms with Crippen molar-refractivity contribution in [2.45, 2.75) is 0 Å². The number of carboxylic acids is 1. The van der Waals surface area contributed by atoms with E-state index in [2.05, 4.69) is 26.2 Å². The van der Waals surface area contributed by atoms with Crippen LogP contribution in [0.3, 0.4) is 0 Å². The van der Waals surface area contributed by atoms with E-state index < -0.39 is 22.4 Å². The van der Waals surface area contributed by atoms with Gasteiger partial charge < -0.3 is 10.4 Å². The van der Waals surface area contributed by atoms with Gasteiger partial charge in [-0.15, -0.1) is 0 Å². The number of aromatic nitrogens is 1. The number of nitro groups is 1. The maximum absolute atomic E-state index is 13.7. The number of carboxylic acid groups (broad SMARTS) is 1. The molecule has 0 aliphatic heterocycles. The quantitative estimate of drug-likeness (QED) is 0.643. The average Bonchev–Trinajstić information content (AvgIpc) is 2.41. The molecule has 21 heavy (non-hydrogen) atoms. The van der Waals surface area contributed by atoms with E-state index in [1.807, 2.05) is 0 Å². The lowest BCUT2D eigenvalue weighted by atomic mass is 10.2. The van der Waals surface area contributed by atoms with Crippen LogP contribution in [0.4, 0.5) is 21.6 Å². The highest BCUT2D eigenvalue weighted by Crippen LogP contribution is 2.28. The summed E-state index contributed by atoms with van der Waals surface area (Å²) in [6, 6.07) is 6.03. The van der Waals surface area contributed by atoms with Crippen molar-refractivity contribution in [3.8, 4) is 0 Å². The highest BCUT2D eigenvalue weighted by atomic mass is 79.9. The van der Waals surface area contributed by atoms with Crippen molar-refractivity contribution >= 4 is 39.1 Å². The van der Waals surface area contributed by atoms with E-state index in [4.69, 9.17) is 5.11 Å². The van der Waals surface area contributed by atoms with Crippen LogP contribution >= 0.6 is 15.9 Å². The fourth-order valence-corrected chi connectivity index (χ4v) is 1.86. The van der Waals surface area contributed by atoms with Crippen molar-refractivity contribution in [1.29, 1.82) is 0 Å². The Morgan fingerprint density at radius 1 is 1.38 bits per heavy atom. The minimum absolute atomic E-state index is 0.0589. The van der Waals surface area contributed by atoms with Crippen LogP contribution < -0.4 is 5.32 Å². The molecule has 0 bridgehead atoms. The topological polar surface area (TPSA) is 105 Å². The van der Waals surface area contributed by atoms with Crippen molar-refractivity contribution in [3.05, 3.63) is 56.4 Å². The molecule has 0 amide bonds. The number of aromatic carboxylic acids is 1. The minimum atomic E-state index is -1.34. The molecule has 0 saturated carbocycles. The van der Waals surface area contributed by atoms with Crippen LogP contribution in [-0.2, 0) is 0 Å². The summed E-state index contributed by atoms with van der Waals surface area (Å²) in [6.07, 6.45) is 0. The third kappa shape index (κ3) is 3.31.